The van der Waals surface area contributed by atoms with Crippen LogP contribution in [-0.2, 0) is 20.7 Å². The van der Waals surface area contributed by atoms with E-state index >= 15 is 0 Å². The number of carboxylic acid groups (broad SMARTS) is 1. The molecule has 0 fully saturated rings. The molecule has 0 saturated heterocycles. The summed E-state index contributed by atoms with van der Waals surface area (Å²) in [6.45, 7) is 13.1. The molecule has 1 rings (SSSR count). The molecule has 0 bridgehead atoms. The summed E-state index contributed by atoms with van der Waals surface area (Å²) in [6, 6.07) is 5.09. The highest BCUT2D eigenvalue weighted by Gasteiger charge is 2.29. The van der Waals surface area contributed by atoms with Crippen molar-refractivity contribution in [3.05, 3.63) is 42.5 Å². The molecule has 0 aliphatic heterocycles. The number of carbonyl (C=O) groups excluding carboxylic acids is 2. The molecule has 2 amide bonds. The van der Waals surface area contributed by atoms with Gasteiger partial charge in [0.15, 0.2) is 0 Å². The summed E-state index contributed by atoms with van der Waals surface area (Å²) in [7, 11) is 0. The van der Waals surface area contributed by atoms with Crippen molar-refractivity contribution < 1.29 is 29.0 Å². The van der Waals surface area contributed by atoms with Crippen LogP contribution in [0.3, 0.4) is 0 Å². The zero-order chi connectivity index (χ0) is 24.3. The highest BCUT2D eigenvalue weighted by molar-refractivity contribution is 5.89. The van der Waals surface area contributed by atoms with E-state index in [4.69, 9.17) is 9.47 Å². The molecule has 3 N–H and O–H groups in total. The SMILES string of the molecule is C=CCCOc1ccc(CC(NC(=O)OC(C)(C)C)C(=O)NC(CC(C)C)C(=O)O)cc1. The minimum absolute atomic E-state index is 0.0716. The fraction of sp³-hybridized carbons (Fsp3) is 0.542. The third-order valence-corrected chi connectivity index (χ3v) is 4.28. The second-order valence-corrected chi connectivity index (χ2v) is 9.00. The quantitative estimate of drug-likeness (QED) is 0.332. The fourth-order valence-corrected chi connectivity index (χ4v) is 2.84. The number of rotatable bonds is 12. The molecular weight excluding hydrogens is 412 g/mol. The lowest BCUT2D eigenvalue weighted by Gasteiger charge is -2.25. The van der Waals surface area contributed by atoms with Crippen molar-refractivity contribution in [2.24, 2.45) is 5.92 Å². The van der Waals surface area contributed by atoms with Crippen LogP contribution in [-0.4, -0.2) is 47.4 Å². The van der Waals surface area contributed by atoms with Gasteiger partial charge in [-0.2, -0.15) is 0 Å². The lowest BCUT2D eigenvalue weighted by molar-refractivity contribution is -0.142. The number of aliphatic carboxylic acids is 1. The summed E-state index contributed by atoms with van der Waals surface area (Å²) in [4.78, 5) is 36.8. The minimum atomic E-state index is -1.12. The van der Waals surface area contributed by atoms with Crippen LogP contribution in [0.2, 0.25) is 0 Å². The summed E-state index contributed by atoms with van der Waals surface area (Å²) in [5.41, 5.74) is 0.0320. The highest BCUT2D eigenvalue weighted by Crippen LogP contribution is 2.15. The van der Waals surface area contributed by atoms with E-state index in [0.29, 0.717) is 12.4 Å². The van der Waals surface area contributed by atoms with Crippen molar-refractivity contribution in [3.63, 3.8) is 0 Å². The number of amides is 2. The van der Waals surface area contributed by atoms with Gasteiger partial charge in [-0.1, -0.05) is 32.1 Å². The predicted molar refractivity (Wildman–Crippen MR) is 123 cm³/mol. The van der Waals surface area contributed by atoms with Crippen LogP contribution in [0, 0.1) is 5.92 Å². The molecule has 2 atom stereocenters. The van der Waals surface area contributed by atoms with Gasteiger partial charge in [0.05, 0.1) is 6.61 Å². The number of benzene rings is 1. The second-order valence-electron chi connectivity index (χ2n) is 9.00. The van der Waals surface area contributed by atoms with E-state index in [9.17, 15) is 19.5 Å². The van der Waals surface area contributed by atoms with Gasteiger partial charge in [-0.05, 0) is 57.2 Å². The molecule has 1 aromatic rings. The summed E-state index contributed by atoms with van der Waals surface area (Å²) < 4.78 is 10.9. The van der Waals surface area contributed by atoms with E-state index in [1.54, 1.807) is 51.1 Å². The molecule has 0 saturated carbocycles. The molecule has 8 nitrogen and oxygen atoms in total. The number of carboxylic acids is 1. The highest BCUT2D eigenvalue weighted by atomic mass is 16.6. The third kappa shape index (κ3) is 10.8. The first-order valence-corrected chi connectivity index (χ1v) is 10.8. The largest absolute Gasteiger partial charge is 0.493 e. The Labute approximate surface area is 190 Å². The number of alkyl carbamates (subject to hydrolysis) is 1. The van der Waals surface area contributed by atoms with Crippen molar-refractivity contribution >= 4 is 18.0 Å². The standard InChI is InChI=1S/C24H36N2O6/c1-7-8-13-31-18-11-9-17(10-12-18)15-19(26-23(30)32-24(4,5)6)21(27)25-20(22(28)29)14-16(2)3/h7,9-12,16,19-20H,1,8,13-15H2,2-6H3,(H,25,27)(H,26,30)(H,28,29). The Morgan fingerprint density at radius 2 is 1.72 bits per heavy atom. The average molecular weight is 449 g/mol. The van der Waals surface area contributed by atoms with Gasteiger partial charge in [-0.3, -0.25) is 4.79 Å². The van der Waals surface area contributed by atoms with Gasteiger partial charge in [0.2, 0.25) is 5.91 Å². The first-order chi connectivity index (χ1) is 14.9. The number of ether oxygens (including phenoxy) is 2. The van der Waals surface area contributed by atoms with E-state index in [2.05, 4.69) is 17.2 Å². The van der Waals surface area contributed by atoms with Gasteiger partial charge in [0, 0.05) is 6.42 Å². The summed E-state index contributed by atoms with van der Waals surface area (Å²) in [5, 5.41) is 14.6. The molecule has 0 spiro atoms. The fourth-order valence-electron chi connectivity index (χ4n) is 2.84. The Morgan fingerprint density at radius 3 is 2.22 bits per heavy atom. The molecule has 8 heteroatoms. The number of carbonyl (C=O) groups is 3. The maximum atomic E-state index is 12.9. The van der Waals surface area contributed by atoms with Gasteiger partial charge >= 0.3 is 12.1 Å². The molecular formula is C24H36N2O6. The Bertz CT molecular complexity index is 768. The zero-order valence-electron chi connectivity index (χ0n) is 19.6. The van der Waals surface area contributed by atoms with Crippen LogP contribution < -0.4 is 15.4 Å². The van der Waals surface area contributed by atoms with Gasteiger partial charge in [-0.25, -0.2) is 9.59 Å². The zero-order valence-corrected chi connectivity index (χ0v) is 19.6. The Kier molecular flexibility index (Phi) is 10.7. The molecule has 0 aromatic heterocycles. The molecule has 178 valence electrons. The molecule has 0 radical (unpaired) electrons. The van der Waals surface area contributed by atoms with E-state index < -0.39 is 35.7 Å². The molecule has 2 unspecified atom stereocenters. The average Bonchev–Trinajstić information content (AvgIpc) is 2.66. The maximum Gasteiger partial charge on any atom is 0.408 e. The van der Waals surface area contributed by atoms with E-state index in [1.165, 1.54) is 0 Å². The van der Waals surface area contributed by atoms with Gasteiger partial charge < -0.3 is 25.2 Å². The summed E-state index contributed by atoms with van der Waals surface area (Å²) in [5.74, 6) is -0.957. The first kappa shape index (κ1) is 27.0. The van der Waals surface area contributed by atoms with Gasteiger partial charge in [0.1, 0.15) is 23.4 Å². The van der Waals surface area contributed by atoms with E-state index in [0.717, 1.165) is 12.0 Å². The first-order valence-electron chi connectivity index (χ1n) is 10.8. The summed E-state index contributed by atoms with van der Waals surface area (Å²) >= 11 is 0. The van der Waals surface area contributed by atoms with Crippen molar-refractivity contribution in [3.8, 4) is 5.75 Å². The van der Waals surface area contributed by atoms with Gasteiger partial charge in [-0.15, -0.1) is 6.58 Å². The number of nitrogens with one attached hydrogen (secondary N) is 2. The molecule has 32 heavy (non-hydrogen) atoms. The van der Waals surface area contributed by atoms with Gasteiger partial charge in [0.25, 0.3) is 0 Å². The molecule has 1 aromatic carbocycles. The monoisotopic (exact) mass is 448 g/mol. The normalized spacial score (nSPS) is 13.1. The van der Waals surface area contributed by atoms with Crippen molar-refractivity contribution in [1.82, 2.24) is 10.6 Å². The Balaban J connectivity index is 2.96. The van der Waals surface area contributed by atoms with Crippen LogP contribution in [0.4, 0.5) is 4.79 Å². The van der Waals surface area contributed by atoms with E-state index in [1.807, 2.05) is 13.8 Å². The van der Waals surface area contributed by atoms with Crippen molar-refractivity contribution in [2.75, 3.05) is 6.61 Å². The molecule has 0 heterocycles. The van der Waals surface area contributed by atoms with Crippen LogP contribution in [0.15, 0.2) is 36.9 Å². The lowest BCUT2D eigenvalue weighted by Crippen LogP contribution is -2.53. The maximum absolute atomic E-state index is 12.9. The van der Waals surface area contributed by atoms with Crippen molar-refractivity contribution in [2.45, 2.75) is 71.6 Å². The Morgan fingerprint density at radius 1 is 1.09 bits per heavy atom. The third-order valence-electron chi connectivity index (χ3n) is 4.28. The van der Waals surface area contributed by atoms with Crippen LogP contribution >= 0.6 is 0 Å². The summed E-state index contributed by atoms with van der Waals surface area (Å²) in [6.07, 6.45) is 2.18. The predicted octanol–water partition coefficient (Wildman–Crippen LogP) is 3.69. The van der Waals surface area contributed by atoms with Crippen LogP contribution in [0.5, 0.6) is 5.75 Å². The van der Waals surface area contributed by atoms with Crippen LogP contribution in [0.1, 0.15) is 53.0 Å². The second kappa shape index (κ2) is 12.7. The Hall–Kier alpha value is -3.03. The minimum Gasteiger partial charge on any atom is -0.493 e. The number of hydrogen-bond donors (Lipinski definition) is 3. The molecule has 0 aliphatic rings. The molecule has 0 aliphatic carbocycles. The van der Waals surface area contributed by atoms with Crippen molar-refractivity contribution in [1.29, 1.82) is 0 Å². The smallest absolute Gasteiger partial charge is 0.408 e. The van der Waals surface area contributed by atoms with Crippen LogP contribution in [0.25, 0.3) is 0 Å². The lowest BCUT2D eigenvalue weighted by atomic mass is 10.0. The number of hydrogen-bond acceptors (Lipinski definition) is 5. The van der Waals surface area contributed by atoms with E-state index in [-0.39, 0.29) is 18.8 Å². The topological polar surface area (TPSA) is 114 Å².